The second-order valence-electron chi connectivity index (χ2n) is 10.4. The van der Waals surface area contributed by atoms with Gasteiger partial charge in [0.2, 0.25) is 0 Å². The molecule has 0 aromatic rings. The molecule has 0 aromatic carbocycles. The van der Waals surface area contributed by atoms with E-state index in [2.05, 4.69) is 53.8 Å². The highest BCUT2D eigenvalue weighted by atomic mass is 16.3. The second kappa shape index (κ2) is 6.09. The summed E-state index contributed by atoms with van der Waals surface area (Å²) in [5.41, 5.74) is 0.533. The van der Waals surface area contributed by atoms with Gasteiger partial charge in [-0.05, 0) is 70.6 Å². The first-order valence-electron chi connectivity index (χ1n) is 9.38. The highest BCUT2D eigenvalue weighted by Crippen LogP contribution is 2.44. The quantitative estimate of drug-likeness (QED) is 0.771. The molecule has 1 saturated carbocycles. The lowest BCUT2D eigenvalue weighted by Crippen LogP contribution is -2.64. The van der Waals surface area contributed by atoms with E-state index in [0.29, 0.717) is 11.3 Å². The zero-order valence-electron chi connectivity index (χ0n) is 16.0. The first-order valence-corrected chi connectivity index (χ1v) is 9.38. The van der Waals surface area contributed by atoms with Crippen molar-refractivity contribution < 1.29 is 5.11 Å². The summed E-state index contributed by atoms with van der Waals surface area (Å²) in [7, 11) is 0. The molecular weight excluding hydrogens is 270 g/mol. The molecular formula is C20H39NO. The second-order valence-corrected chi connectivity index (χ2v) is 10.4. The predicted octanol–water partition coefficient (Wildman–Crippen LogP) is 4.76. The summed E-state index contributed by atoms with van der Waals surface area (Å²) >= 11 is 0. The average molecular weight is 310 g/mol. The smallest absolute Gasteiger partial charge is 0.0603 e. The topological polar surface area (TPSA) is 32.3 Å². The normalized spacial score (nSPS) is 38.7. The number of hydrogen-bond donors (Lipinski definition) is 2. The number of rotatable bonds is 2. The molecule has 22 heavy (non-hydrogen) atoms. The van der Waals surface area contributed by atoms with Crippen molar-refractivity contribution in [3.8, 4) is 0 Å². The number of piperidine rings is 1. The average Bonchev–Trinajstić information content (AvgIpc) is 2.31. The molecule has 1 saturated heterocycles. The third-order valence-corrected chi connectivity index (χ3v) is 6.43. The van der Waals surface area contributed by atoms with Gasteiger partial charge in [0.05, 0.1) is 6.10 Å². The Balaban J connectivity index is 1.94. The van der Waals surface area contributed by atoms with Crippen LogP contribution < -0.4 is 5.32 Å². The van der Waals surface area contributed by atoms with Crippen molar-refractivity contribution in [2.45, 2.75) is 104 Å². The number of aliphatic hydroxyl groups is 1. The molecule has 0 aromatic heterocycles. The molecule has 2 fully saturated rings. The van der Waals surface area contributed by atoms with Gasteiger partial charge in [-0.2, -0.15) is 0 Å². The molecule has 2 atom stereocenters. The van der Waals surface area contributed by atoms with Gasteiger partial charge in [0, 0.05) is 17.0 Å². The van der Waals surface area contributed by atoms with Gasteiger partial charge in [-0.25, -0.2) is 0 Å². The van der Waals surface area contributed by atoms with Gasteiger partial charge in [-0.3, -0.25) is 0 Å². The van der Waals surface area contributed by atoms with Crippen LogP contribution in [0.4, 0.5) is 0 Å². The Morgan fingerprint density at radius 1 is 1.00 bits per heavy atom. The number of aliphatic hydroxyl groups excluding tert-OH is 1. The van der Waals surface area contributed by atoms with Crippen LogP contribution in [0.2, 0.25) is 0 Å². The van der Waals surface area contributed by atoms with Crippen LogP contribution in [0.25, 0.3) is 0 Å². The molecule has 1 heterocycles. The van der Waals surface area contributed by atoms with Gasteiger partial charge in [-0.15, -0.1) is 0 Å². The minimum atomic E-state index is -0.161. The van der Waals surface area contributed by atoms with Crippen molar-refractivity contribution in [3.63, 3.8) is 0 Å². The number of hydrogen-bond acceptors (Lipinski definition) is 2. The molecule has 1 aliphatic heterocycles. The molecule has 2 heteroatoms. The van der Waals surface area contributed by atoms with E-state index in [-0.39, 0.29) is 17.2 Å². The molecule has 1 aliphatic carbocycles. The number of nitrogens with one attached hydrogen (secondary N) is 1. The highest BCUT2D eigenvalue weighted by molar-refractivity contribution is 5.03. The molecule has 0 amide bonds. The fraction of sp³-hybridized carbons (Fsp3) is 1.00. The Morgan fingerprint density at radius 2 is 1.55 bits per heavy atom. The summed E-state index contributed by atoms with van der Waals surface area (Å²) in [6.07, 6.45) is 7.35. The summed E-state index contributed by atoms with van der Waals surface area (Å²) < 4.78 is 0. The summed E-state index contributed by atoms with van der Waals surface area (Å²) in [5, 5.41) is 14.5. The zero-order valence-corrected chi connectivity index (χ0v) is 16.0. The van der Waals surface area contributed by atoms with E-state index >= 15 is 0 Å². The predicted molar refractivity (Wildman–Crippen MR) is 94.9 cm³/mol. The van der Waals surface area contributed by atoms with E-state index < -0.39 is 0 Å². The van der Waals surface area contributed by atoms with Crippen molar-refractivity contribution >= 4 is 0 Å². The lowest BCUT2D eigenvalue weighted by molar-refractivity contribution is -0.0360. The van der Waals surface area contributed by atoms with E-state index in [1.54, 1.807) is 0 Å². The molecule has 0 radical (unpaired) electrons. The maximum atomic E-state index is 10.7. The molecule has 0 bridgehead atoms. The Bertz CT molecular complexity index is 372. The van der Waals surface area contributed by atoms with Crippen molar-refractivity contribution in [1.29, 1.82) is 0 Å². The van der Waals surface area contributed by atoms with Crippen LogP contribution in [0.5, 0.6) is 0 Å². The van der Waals surface area contributed by atoms with Crippen LogP contribution in [0.3, 0.4) is 0 Å². The van der Waals surface area contributed by atoms with E-state index in [0.717, 1.165) is 18.3 Å². The maximum Gasteiger partial charge on any atom is 0.0603 e. The van der Waals surface area contributed by atoms with E-state index in [4.69, 9.17) is 0 Å². The van der Waals surface area contributed by atoms with Gasteiger partial charge in [0.25, 0.3) is 0 Å². The Morgan fingerprint density at radius 3 is 2.00 bits per heavy atom. The Kier molecular flexibility index (Phi) is 5.06. The van der Waals surface area contributed by atoms with Gasteiger partial charge in [0.15, 0.2) is 0 Å². The molecule has 2 unspecified atom stereocenters. The van der Waals surface area contributed by atoms with Crippen LogP contribution in [0.1, 0.15) is 87.0 Å². The van der Waals surface area contributed by atoms with Gasteiger partial charge < -0.3 is 10.4 Å². The summed E-state index contributed by atoms with van der Waals surface area (Å²) in [6.45, 7) is 16.1. The third kappa shape index (κ3) is 4.26. The van der Waals surface area contributed by atoms with Gasteiger partial charge in [-0.1, -0.05) is 33.6 Å². The molecule has 130 valence electrons. The Labute approximate surface area is 138 Å². The van der Waals surface area contributed by atoms with Crippen molar-refractivity contribution in [1.82, 2.24) is 5.32 Å². The van der Waals surface area contributed by atoms with Crippen LogP contribution in [-0.2, 0) is 0 Å². The Hall–Kier alpha value is -0.0800. The zero-order chi connectivity index (χ0) is 16.8. The van der Waals surface area contributed by atoms with Crippen LogP contribution in [0, 0.1) is 23.2 Å². The van der Waals surface area contributed by atoms with Gasteiger partial charge >= 0.3 is 0 Å². The summed E-state index contributed by atoms with van der Waals surface area (Å²) in [6, 6.07) is 0. The van der Waals surface area contributed by atoms with Crippen LogP contribution in [0.15, 0.2) is 0 Å². The van der Waals surface area contributed by atoms with E-state index in [9.17, 15) is 5.11 Å². The standard InChI is InChI=1S/C20H39NO/c1-18(2,3)15-10-8-14(9-11-15)12-16-17(22)13-19(4,5)21-20(16,6)7/h14-17,21-22H,8-13H2,1-7H3. The first-order chi connectivity index (χ1) is 9.91. The summed E-state index contributed by atoms with van der Waals surface area (Å²) in [4.78, 5) is 0. The minimum absolute atomic E-state index is 0.0298. The fourth-order valence-corrected chi connectivity index (χ4v) is 5.24. The molecule has 2 nitrogen and oxygen atoms in total. The molecule has 2 aliphatic rings. The molecule has 0 spiro atoms. The van der Waals surface area contributed by atoms with E-state index in [1.807, 2.05) is 0 Å². The first kappa shape index (κ1) is 18.3. The molecule has 2 N–H and O–H groups in total. The van der Waals surface area contributed by atoms with E-state index in [1.165, 1.54) is 32.1 Å². The van der Waals surface area contributed by atoms with Gasteiger partial charge in [0.1, 0.15) is 0 Å². The van der Waals surface area contributed by atoms with Crippen LogP contribution >= 0.6 is 0 Å². The monoisotopic (exact) mass is 309 g/mol. The van der Waals surface area contributed by atoms with Crippen LogP contribution in [-0.4, -0.2) is 22.3 Å². The molecule has 2 rings (SSSR count). The minimum Gasteiger partial charge on any atom is -0.393 e. The fourth-order valence-electron chi connectivity index (χ4n) is 5.24. The third-order valence-electron chi connectivity index (χ3n) is 6.43. The van der Waals surface area contributed by atoms with Crippen molar-refractivity contribution in [2.75, 3.05) is 0 Å². The lowest BCUT2D eigenvalue weighted by Gasteiger charge is -2.52. The SMILES string of the molecule is CC1(C)CC(O)C(CC2CCC(C(C)(C)C)CC2)C(C)(C)N1. The van der Waals surface area contributed by atoms with Crippen molar-refractivity contribution in [2.24, 2.45) is 23.2 Å². The highest BCUT2D eigenvalue weighted by Gasteiger charge is 2.46. The lowest BCUT2D eigenvalue weighted by atomic mass is 9.65. The van der Waals surface area contributed by atoms with Crippen molar-refractivity contribution in [3.05, 3.63) is 0 Å². The largest absolute Gasteiger partial charge is 0.393 e. The summed E-state index contributed by atoms with van der Waals surface area (Å²) in [5.74, 6) is 2.07. The maximum absolute atomic E-state index is 10.7.